The van der Waals surface area contributed by atoms with E-state index in [2.05, 4.69) is 21.6 Å². The summed E-state index contributed by atoms with van der Waals surface area (Å²) < 4.78 is 16.8. The van der Waals surface area contributed by atoms with Gasteiger partial charge < -0.3 is 24.8 Å². The predicted octanol–water partition coefficient (Wildman–Crippen LogP) is 2.95. The van der Waals surface area contributed by atoms with Gasteiger partial charge in [-0.25, -0.2) is 4.99 Å². The van der Waals surface area contributed by atoms with Crippen molar-refractivity contribution in [3.8, 4) is 5.75 Å². The number of ether oxygens (including phenoxy) is 3. The molecule has 0 bridgehead atoms. The summed E-state index contributed by atoms with van der Waals surface area (Å²) in [7, 11) is 1.70. The number of hydrogen-bond acceptors (Lipinski definition) is 6. The van der Waals surface area contributed by atoms with Crippen LogP contribution in [0.4, 0.5) is 11.4 Å². The van der Waals surface area contributed by atoms with Crippen molar-refractivity contribution in [2.75, 3.05) is 50.6 Å². The molecule has 2 aliphatic heterocycles. The Kier molecular flexibility index (Phi) is 5.96. The normalized spacial score (nSPS) is 21.3. The number of amides is 1. The number of fused-ring (bicyclic) bond motifs is 2. The monoisotopic (exact) mass is 436 g/mol. The summed E-state index contributed by atoms with van der Waals surface area (Å²) in [6, 6.07) is 12.5. The summed E-state index contributed by atoms with van der Waals surface area (Å²) in [5.41, 5.74) is 5.13. The molecule has 2 N–H and O–H groups in total. The van der Waals surface area contributed by atoms with Gasteiger partial charge in [0.25, 0.3) is 6.02 Å². The third-order valence-corrected chi connectivity index (χ3v) is 6.14. The summed E-state index contributed by atoms with van der Waals surface area (Å²) in [5.74, 6) is 0.857. The number of methoxy groups -OCH3 is 1. The van der Waals surface area contributed by atoms with Crippen molar-refractivity contribution in [1.82, 2.24) is 4.90 Å². The van der Waals surface area contributed by atoms with Crippen LogP contribution >= 0.6 is 0 Å². The molecule has 2 aromatic rings. The summed E-state index contributed by atoms with van der Waals surface area (Å²) in [6.07, 6.45) is 1.92. The van der Waals surface area contributed by atoms with E-state index >= 15 is 0 Å². The Labute approximate surface area is 187 Å². The summed E-state index contributed by atoms with van der Waals surface area (Å²) in [4.78, 5) is 19.3. The number of aryl methyl sites for hydroxylation is 1. The molecule has 32 heavy (non-hydrogen) atoms. The number of nitrogens with zero attached hydrogens (tertiary/aromatic N) is 2. The Morgan fingerprint density at radius 1 is 1.25 bits per heavy atom. The minimum absolute atomic E-state index is 0.0175. The van der Waals surface area contributed by atoms with E-state index in [1.807, 2.05) is 30.3 Å². The first-order valence-electron chi connectivity index (χ1n) is 11.1. The zero-order chi connectivity index (χ0) is 21.9. The van der Waals surface area contributed by atoms with Gasteiger partial charge >= 0.3 is 0 Å². The highest BCUT2D eigenvalue weighted by atomic mass is 16.5. The van der Waals surface area contributed by atoms with E-state index in [1.165, 1.54) is 5.56 Å². The fraction of sp³-hybridized carbons (Fsp3) is 0.417. The Morgan fingerprint density at radius 3 is 2.97 bits per heavy atom. The summed E-state index contributed by atoms with van der Waals surface area (Å²) in [5, 5.41) is 6.27. The third-order valence-electron chi connectivity index (χ3n) is 6.14. The number of carbonyl (C=O) groups is 1. The average Bonchev–Trinajstić information content (AvgIpc) is 3.22. The second kappa shape index (κ2) is 9.18. The topological polar surface area (TPSA) is 84.4 Å². The van der Waals surface area contributed by atoms with Crippen LogP contribution in [0.3, 0.4) is 0 Å². The van der Waals surface area contributed by atoms with Gasteiger partial charge in [0.1, 0.15) is 12.4 Å². The molecule has 1 amide bonds. The molecule has 5 rings (SSSR count). The zero-order valence-corrected chi connectivity index (χ0v) is 18.2. The first kappa shape index (κ1) is 20.8. The molecule has 8 nitrogen and oxygen atoms in total. The number of morpholine rings is 1. The molecule has 0 saturated carbocycles. The highest BCUT2D eigenvalue weighted by Gasteiger charge is 2.27. The minimum atomic E-state index is -0.0207. The third kappa shape index (κ3) is 4.42. The van der Waals surface area contributed by atoms with Gasteiger partial charge in [0.2, 0.25) is 5.91 Å². The van der Waals surface area contributed by atoms with Gasteiger partial charge in [-0.1, -0.05) is 12.1 Å². The van der Waals surface area contributed by atoms with Crippen molar-refractivity contribution in [2.45, 2.75) is 25.5 Å². The Balaban J connectivity index is 1.24. The standard InChI is InChI=1S/C24H28N4O4/c1-30-21-4-2-3-16-5-7-20(23(16)21)27-24-26-19-8-6-18(13-17(19)15-32-24)25-22(29)14-28-9-11-31-12-10-28/h2-4,6,8,13,20H,5,7,9-12,14-15H2,1H3,(H,25,29)(H,26,27). The predicted molar refractivity (Wildman–Crippen MR) is 122 cm³/mol. The molecule has 1 fully saturated rings. The van der Waals surface area contributed by atoms with Gasteiger partial charge in [0.05, 0.1) is 32.9 Å². The lowest BCUT2D eigenvalue weighted by atomic mass is 10.1. The maximum Gasteiger partial charge on any atom is 0.290 e. The maximum absolute atomic E-state index is 12.4. The van der Waals surface area contributed by atoms with Crippen molar-refractivity contribution in [3.05, 3.63) is 53.1 Å². The summed E-state index contributed by atoms with van der Waals surface area (Å²) >= 11 is 0. The number of amidine groups is 1. The molecular weight excluding hydrogens is 408 g/mol. The van der Waals surface area contributed by atoms with Crippen molar-refractivity contribution in [2.24, 2.45) is 4.99 Å². The number of aliphatic imine (C=N–C) groups is 1. The van der Waals surface area contributed by atoms with Gasteiger partial charge in [0, 0.05) is 35.6 Å². The SMILES string of the molecule is COc1cccc2c1C(N=C1Nc3ccc(NC(=O)CN4CCOCC4)cc3CO1)CC2. The van der Waals surface area contributed by atoms with E-state index in [-0.39, 0.29) is 11.9 Å². The Bertz CT molecular complexity index is 1030. The molecule has 2 aromatic carbocycles. The van der Waals surface area contributed by atoms with Crippen molar-refractivity contribution < 1.29 is 19.0 Å². The molecular formula is C24H28N4O4. The van der Waals surface area contributed by atoms with E-state index < -0.39 is 0 Å². The molecule has 1 unspecified atom stereocenters. The highest BCUT2D eigenvalue weighted by Crippen LogP contribution is 2.40. The average molecular weight is 437 g/mol. The van der Waals surface area contributed by atoms with E-state index in [4.69, 9.17) is 19.2 Å². The fourth-order valence-corrected chi connectivity index (χ4v) is 4.51. The van der Waals surface area contributed by atoms with Gasteiger partial charge in [0.15, 0.2) is 0 Å². The first-order chi connectivity index (χ1) is 15.7. The smallest absolute Gasteiger partial charge is 0.290 e. The van der Waals surface area contributed by atoms with Crippen molar-refractivity contribution in [3.63, 3.8) is 0 Å². The van der Waals surface area contributed by atoms with E-state index in [9.17, 15) is 4.79 Å². The molecule has 1 aliphatic carbocycles. The largest absolute Gasteiger partial charge is 0.496 e. The molecule has 0 aromatic heterocycles. The van der Waals surface area contributed by atoms with Crippen LogP contribution in [0, 0.1) is 0 Å². The molecule has 0 radical (unpaired) electrons. The van der Waals surface area contributed by atoms with Gasteiger partial charge in [-0.2, -0.15) is 0 Å². The van der Waals surface area contributed by atoms with Crippen molar-refractivity contribution >= 4 is 23.3 Å². The van der Waals surface area contributed by atoms with Gasteiger partial charge in [-0.15, -0.1) is 0 Å². The molecule has 1 saturated heterocycles. The molecule has 8 heteroatoms. The number of rotatable bonds is 5. The van der Waals surface area contributed by atoms with Crippen LogP contribution in [-0.4, -0.2) is 56.8 Å². The lowest BCUT2D eigenvalue weighted by Crippen LogP contribution is -2.41. The molecule has 1 atom stereocenters. The Hall–Kier alpha value is -3.10. The second-order valence-electron chi connectivity index (χ2n) is 8.24. The van der Waals surface area contributed by atoms with Crippen LogP contribution in [0.15, 0.2) is 41.4 Å². The van der Waals surface area contributed by atoms with Crippen LogP contribution in [-0.2, 0) is 27.3 Å². The van der Waals surface area contributed by atoms with Crippen LogP contribution in [0.25, 0.3) is 0 Å². The number of nitrogens with one attached hydrogen (secondary N) is 2. The van der Waals surface area contributed by atoms with Crippen LogP contribution in [0.5, 0.6) is 5.75 Å². The number of benzene rings is 2. The lowest BCUT2D eigenvalue weighted by Gasteiger charge is -2.26. The van der Waals surface area contributed by atoms with Gasteiger partial charge in [-0.3, -0.25) is 9.69 Å². The molecule has 3 aliphatic rings. The summed E-state index contributed by atoms with van der Waals surface area (Å²) in [6.45, 7) is 3.71. The molecule has 2 heterocycles. The van der Waals surface area contributed by atoms with Crippen LogP contribution < -0.4 is 15.4 Å². The molecule has 0 spiro atoms. The quantitative estimate of drug-likeness (QED) is 0.750. The van der Waals surface area contributed by atoms with E-state index in [1.54, 1.807) is 7.11 Å². The van der Waals surface area contributed by atoms with Crippen LogP contribution in [0.1, 0.15) is 29.2 Å². The van der Waals surface area contributed by atoms with Crippen molar-refractivity contribution in [1.29, 1.82) is 0 Å². The fourth-order valence-electron chi connectivity index (χ4n) is 4.51. The minimum Gasteiger partial charge on any atom is -0.496 e. The van der Waals surface area contributed by atoms with E-state index in [0.717, 1.165) is 54.2 Å². The number of hydrogen-bond donors (Lipinski definition) is 2. The van der Waals surface area contributed by atoms with E-state index in [0.29, 0.717) is 32.4 Å². The maximum atomic E-state index is 12.4. The molecule has 168 valence electrons. The second-order valence-corrected chi connectivity index (χ2v) is 8.24. The van der Waals surface area contributed by atoms with Crippen LogP contribution in [0.2, 0.25) is 0 Å². The first-order valence-corrected chi connectivity index (χ1v) is 11.1. The zero-order valence-electron chi connectivity index (χ0n) is 18.2. The number of anilines is 2. The Morgan fingerprint density at radius 2 is 2.12 bits per heavy atom. The number of carbonyl (C=O) groups excluding carboxylic acids is 1. The highest BCUT2D eigenvalue weighted by molar-refractivity contribution is 5.95. The van der Waals surface area contributed by atoms with Gasteiger partial charge in [-0.05, 0) is 42.7 Å². The lowest BCUT2D eigenvalue weighted by molar-refractivity contribution is -0.118.